The molecule has 25 heavy (non-hydrogen) atoms. The summed E-state index contributed by atoms with van der Waals surface area (Å²) in [5.41, 5.74) is 1.08. The van der Waals surface area contributed by atoms with Crippen LogP contribution in [0.25, 0.3) is 10.8 Å². The van der Waals surface area contributed by atoms with Crippen LogP contribution in [0.2, 0.25) is 4.47 Å². The van der Waals surface area contributed by atoms with E-state index in [1.807, 2.05) is 72.8 Å². The third-order valence-corrected chi connectivity index (χ3v) is 8.11. The van der Waals surface area contributed by atoms with Crippen molar-refractivity contribution in [2.45, 2.75) is 23.9 Å². The van der Waals surface area contributed by atoms with Gasteiger partial charge in [-0.25, -0.2) is 0 Å². The van der Waals surface area contributed by atoms with Crippen LogP contribution in [0.5, 0.6) is 0 Å². The summed E-state index contributed by atoms with van der Waals surface area (Å²) in [5.74, 6) is -0.328. The van der Waals surface area contributed by atoms with Crippen molar-refractivity contribution in [3.05, 3.63) is 78.4 Å². The van der Waals surface area contributed by atoms with Gasteiger partial charge in [-0.2, -0.15) is 0 Å². The fourth-order valence-electron chi connectivity index (χ4n) is 2.82. The number of benzene rings is 3. The third-order valence-electron chi connectivity index (χ3n) is 3.96. The number of rotatable bonds is 6. The zero-order valence-electron chi connectivity index (χ0n) is 14.1. The van der Waals surface area contributed by atoms with Gasteiger partial charge in [-0.15, -0.1) is 0 Å². The summed E-state index contributed by atoms with van der Waals surface area (Å²) in [4.78, 5) is 11.4. The van der Waals surface area contributed by atoms with Crippen LogP contribution in [0, 0.1) is 0 Å². The zero-order chi connectivity index (χ0) is 17.6. The number of fused-ring (bicyclic) bond motifs is 1. The fraction of sp³-hybridized carbons (Fsp3) is 0.190. The van der Waals surface area contributed by atoms with Gasteiger partial charge in [0.1, 0.15) is 0 Å². The molecule has 0 fully saturated rings. The minimum atomic E-state index is -2.79. The van der Waals surface area contributed by atoms with Crippen LogP contribution in [0.15, 0.2) is 72.8 Å². The normalized spacial score (nSPS) is 12.2. The van der Waals surface area contributed by atoms with Gasteiger partial charge in [0.15, 0.2) is 0 Å². The van der Waals surface area contributed by atoms with Gasteiger partial charge in [-0.05, 0) is 0 Å². The molecule has 0 aliphatic rings. The second-order valence-electron chi connectivity index (χ2n) is 5.94. The summed E-state index contributed by atoms with van der Waals surface area (Å²) >= 11 is -2.79. The van der Waals surface area contributed by atoms with Crippen LogP contribution < -0.4 is 3.61 Å². The SMILES string of the molecule is CC(=O)OC(Cc1ccccc1)C[Te](=O)c1ccc2ccccc2c1. The molecule has 3 nitrogen and oxygen atoms in total. The van der Waals surface area contributed by atoms with Crippen LogP contribution in [0.1, 0.15) is 12.5 Å². The zero-order valence-corrected chi connectivity index (χ0v) is 16.4. The van der Waals surface area contributed by atoms with Gasteiger partial charge < -0.3 is 0 Å². The van der Waals surface area contributed by atoms with Gasteiger partial charge in [0.2, 0.25) is 0 Å². The first kappa shape index (κ1) is 17.8. The first-order valence-corrected chi connectivity index (χ1v) is 12.0. The Balaban J connectivity index is 1.77. The second-order valence-corrected chi connectivity index (χ2v) is 10.2. The Morgan fingerprint density at radius 2 is 1.64 bits per heavy atom. The number of carbonyl (C=O) groups excluding carboxylic acids is 1. The monoisotopic (exact) mass is 450 g/mol. The Morgan fingerprint density at radius 1 is 0.960 bits per heavy atom. The molecule has 0 aliphatic heterocycles. The molecule has 4 heteroatoms. The predicted molar refractivity (Wildman–Crippen MR) is 101 cm³/mol. The standard InChI is InChI=1S/C21H20O3Te/c1-16(22)24-20(13-17-7-3-2-4-8-17)15-25(23)21-12-11-18-9-5-6-10-19(18)14-21/h2-12,14,20H,13,15H2,1H3. The van der Waals surface area contributed by atoms with E-state index in [-0.39, 0.29) is 12.1 Å². The van der Waals surface area contributed by atoms with Gasteiger partial charge in [0.05, 0.1) is 0 Å². The van der Waals surface area contributed by atoms with Crippen LogP contribution in [0.4, 0.5) is 0 Å². The van der Waals surface area contributed by atoms with Crippen molar-refractivity contribution in [3.63, 3.8) is 0 Å². The van der Waals surface area contributed by atoms with Crippen LogP contribution >= 0.6 is 0 Å². The summed E-state index contributed by atoms with van der Waals surface area (Å²) < 4.78 is 19.7. The van der Waals surface area contributed by atoms with E-state index < -0.39 is 19.5 Å². The molecule has 0 bridgehead atoms. The summed E-state index contributed by atoms with van der Waals surface area (Å²) in [6, 6.07) is 23.9. The first-order chi connectivity index (χ1) is 12.1. The van der Waals surface area contributed by atoms with E-state index in [4.69, 9.17) is 4.74 Å². The van der Waals surface area contributed by atoms with Gasteiger partial charge >= 0.3 is 155 Å². The van der Waals surface area contributed by atoms with Crippen molar-refractivity contribution in [2.24, 2.45) is 0 Å². The fourth-order valence-corrected chi connectivity index (χ4v) is 6.23. The van der Waals surface area contributed by atoms with E-state index in [0.29, 0.717) is 10.9 Å². The van der Waals surface area contributed by atoms with Gasteiger partial charge in [-0.1, -0.05) is 0 Å². The molecule has 3 aromatic carbocycles. The van der Waals surface area contributed by atoms with E-state index >= 15 is 0 Å². The molecule has 1 unspecified atom stereocenters. The van der Waals surface area contributed by atoms with Gasteiger partial charge in [-0.3, -0.25) is 0 Å². The molecule has 128 valence electrons. The number of ether oxygens (including phenoxy) is 1. The molecule has 0 N–H and O–H groups in total. The van der Waals surface area contributed by atoms with Crippen molar-refractivity contribution in [1.82, 2.24) is 0 Å². The van der Waals surface area contributed by atoms with E-state index in [1.165, 1.54) is 6.92 Å². The summed E-state index contributed by atoms with van der Waals surface area (Å²) in [6.07, 6.45) is 0.244. The predicted octanol–water partition coefficient (Wildman–Crippen LogP) is 3.64. The van der Waals surface area contributed by atoms with E-state index in [2.05, 4.69) is 0 Å². The molecular weight excluding hydrogens is 428 g/mol. The Morgan fingerprint density at radius 3 is 2.36 bits per heavy atom. The molecule has 0 amide bonds. The van der Waals surface area contributed by atoms with Crippen molar-refractivity contribution in [1.29, 1.82) is 0 Å². The topological polar surface area (TPSA) is 43.4 Å². The van der Waals surface area contributed by atoms with E-state index in [9.17, 15) is 7.90 Å². The molecule has 0 saturated heterocycles. The molecule has 0 radical (unpaired) electrons. The van der Waals surface area contributed by atoms with Crippen LogP contribution in [-0.4, -0.2) is 31.6 Å². The molecule has 3 rings (SSSR count). The van der Waals surface area contributed by atoms with Gasteiger partial charge in [0.25, 0.3) is 0 Å². The first-order valence-electron chi connectivity index (χ1n) is 8.20. The third kappa shape index (κ3) is 4.98. The molecule has 3 aromatic rings. The van der Waals surface area contributed by atoms with Crippen molar-refractivity contribution in [2.75, 3.05) is 0 Å². The molecule has 0 heterocycles. The number of carbonyl (C=O) groups is 1. The summed E-state index contributed by atoms with van der Waals surface area (Å²) in [5, 5.41) is 2.23. The van der Waals surface area contributed by atoms with E-state index in [1.54, 1.807) is 0 Å². The van der Waals surface area contributed by atoms with Crippen molar-refractivity contribution < 1.29 is 12.6 Å². The van der Waals surface area contributed by atoms with Gasteiger partial charge in [0, 0.05) is 0 Å². The van der Waals surface area contributed by atoms with E-state index in [0.717, 1.165) is 19.9 Å². The minimum absolute atomic E-state index is 0.328. The second kappa shape index (κ2) is 8.38. The quantitative estimate of drug-likeness (QED) is 0.428. The molecule has 0 aromatic heterocycles. The maximum absolute atomic E-state index is 12.9. The molecule has 0 saturated carbocycles. The molecular formula is C21H20O3Te. The Hall–Kier alpha value is -2.02. The van der Waals surface area contributed by atoms with Crippen LogP contribution in [0.3, 0.4) is 0 Å². The van der Waals surface area contributed by atoms with Crippen molar-refractivity contribution in [3.8, 4) is 0 Å². The summed E-state index contributed by atoms with van der Waals surface area (Å²) in [7, 11) is 0. The molecule has 1 atom stereocenters. The number of esters is 1. The number of hydrogen-bond acceptors (Lipinski definition) is 3. The summed E-state index contributed by atoms with van der Waals surface area (Å²) in [6.45, 7) is 1.40. The Kier molecular flexibility index (Phi) is 5.96. The maximum atomic E-state index is 12.9. The number of hydrogen-bond donors (Lipinski definition) is 0. The molecule has 0 aliphatic carbocycles. The average Bonchev–Trinajstić information content (AvgIpc) is 2.61. The Bertz CT molecular complexity index is 890. The average molecular weight is 448 g/mol. The van der Waals surface area contributed by atoms with Crippen molar-refractivity contribution >= 4 is 39.9 Å². The molecule has 0 spiro atoms. The Labute approximate surface area is 154 Å². The van der Waals surface area contributed by atoms with Crippen LogP contribution in [-0.2, 0) is 19.1 Å².